The van der Waals surface area contributed by atoms with Crippen molar-refractivity contribution < 1.29 is 57.2 Å². The molecule has 0 N–H and O–H groups in total. The van der Waals surface area contributed by atoms with E-state index in [-0.39, 0.29) is 106 Å². The van der Waals surface area contributed by atoms with Gasteiger partial charge in [-0.05, 0) is 90.0 Å². The first kappa shape index (κ1) is 48.6. The number of esters is 1. The standard InChI is InChI=1S/C57H54N4O12/c1-34-21-43-45(58-30-39-25-37-9-3-5-13-47(37)60(39)56(43)66)28-51(34)71-32-35-22-36(24-42(23-35)70-19-8-12-41(62)11-7-18-69-20-17-54(65)73-55-49(63)15-16-50(55)64)33-72-53-29-46-44(27-52(53)68-2)57(67)61-40(31-59-46)26-38-10-4-6-14-48(38)61/h3-6,9-10,13-14,21-24,27-31,39-40,55H,7-8,11-12,15-20,25-26,32-33H2,1-2H3/t39-,40-/m0/s1. The van der Waals surface area contributed by atoms with Crippen LogP contribution in [0.4, 0.5) is 22.7 Å². The Kier molecular flexibility index (Phi) is 14.3. The molecule has 73 heavy (non-hydrogen) atoms. The molecule has 16 nitrogen and oxygen atoms in total. The van der Waals surface area contributed by atoms with Crippen LogP contribution in [0, 0.1) is 6.92 Å². The molecule has 0 spiro atoms. The topological polar surface area (TPSA) is 189 Å². The van der Waals surface area contributed by atoms with Gasteiger partial charge in [0.05, 0.1) is 61.3 Å². The monoisotopic (exact) mass is 986 g/mol. The van der Waals surface area contributed by atoms with Crippen molar-refractivity contribution in [2.75, 3.05) is 36.7 Å². The summed E-state index contributed by atoms with van der Waals surface area (Å²) < 4.78 is 35.4. The van der Waals surface area contributed by atoms with Crippen LogP contribution in [0.2, 0.25) is 0 Å². The molecule has 1 saturated carbocycles. The van der Waals surface area contributed by atoms with Crippen LogP contribution in [0.25, 0.3) is 0 Å². The molecule has 374 valence electrons. The third-order valence-electron chi connectivity index (χ3n) is 13.6. The summed E-state index contributed by atoms with van der Waals surface area (Å²) in [7, 11) is 1.53. The fourth-order valence-electron chi connectivity index (χ4n) is 9.91. The first-order valence-corrected chi connectivity index (χ1v) is 24.6. The Hall–Kier alpha value is -7.98. The maximum atomic E-state index is 14.0. The number of carbonyl (C=O) groups is 6. The molecule has 5 aromatic rings. The van der Waals surface area contributed by atoms with Crippen LogP contribution in [-0.2, 0) is 54.7 Å². The van der Waals surface area contributed by atoms with E-state index in [0.717, 1.165) is 39.2 Å². The summed E-state index contributed by atoms with van der Waals surface area (Å²) in [5.41, 5.74) is 8.20. The van der Waals surface area contributed by atoms with Gasteiger partial charge >= 0.3 is 5.97 Å². The molecular formula is C57H54N4O12. The van der Waals surface area contributed by atoms with Gasteiger partial charge in [-0.3, -0.25) is 48.6 Å². The fraction of sp³-hybridized carbons (Fsp3) is 0.333. The van der Waals surface area contributed by atoms with Gasteiger partial charge in [-0.25, -0.2) is 0 Å². The lowest BCUT2D eigenvalue weighted by atomic mass is 10.1. The third-order valence-corrected chi connectivity index (χ3v) is 13.6. The van der Waals surface area contributed by atoms with Crippen molar-refractivity contribution >= 4 is 70.3 Å². The Labute approximate surface area is 421 Å². The largest absolute Gasteiger partial charge is 0.494 e. The first-order chi connectivity index (χ1) is 35.5. The molecule has 10 rings (SSSR count). The molecule has 5 aromatic carbocycles. The van der Waals surface area contributed by atoms with E-state index in [0.29, 0.717) is 71.2 Å². The first-order valence-electron chi connectivity index (χ1n) is 24.6. The van der Waals surface area contributed by atoms with Crippen molar-refractivity contribution in [3.05, 3.63) is 130 Å². The number of ketones is 3. The number of hydrogen-bond acceptors (Lipinski definition) is 14. The van der Waals surface area contributed by atoms with E-state index in [1.54, 1.807) is 17.0 Å². The van der Waals surface area contributed by atoms with Gasteiger partial charge in [0.1, 0.15) is 30.5 Å². The van der Waals surface area contributed by atoms with Gasteiger partial charge in [0.15, 0.2) is 23.1 Å². The minimum absolute atomic E-state index is 0.0411. The molecule has 1 fully saturated rings. The molecule has 0 bridgehead atoms. The summed E-state index contributed by atoms with van der Waals surface area (Å²) in [4.78, 5) is 89.4. The predicted octanol–water partition coefficient (Wildman–Crippen LogP) is 8.50. The number of fused-ring (bicyclic) bond motifs is 8. The highest BCUT2D eigenvalue weighted by molar-refractivity contribution is 6.16. The highest BCUT2D eigenvalue weighted by Gasteiger charge is 2.39. The molecule has 0 radical (unpaired) electrons. The molecule has 0 saturated heterocycles. The number of hydrogen-bond donors (Lipinski definition) is 0. The number of Topliss-reactive ketones (excluding diaryl/α,β-unsaturated/α-hetero) is 3. The Morgan fingerprint density at radius 3 is 1.79 bits per heavy atom. The van der Waals surface area contributed by atoms with Gasteiger partial charge in [-0.2, -0.15) is 0 Å². The van der Waals surface area contributed by atoms with Gasteiger partial charge < -0.3 is 28.4 Å². The second kappa shape index (κ2) is 21.4. The summed E-state index contributed by atoms with van der Waals surface area (Å²) in [6.45, 7) is 2.71. The molecule has 0 unspecified atom stereocenters. The van der Waals surface area contributed by atoms with Crippen molar-refractivity contribution in [2.24, 2.45) is 9.98 Å². The van der Waals surface area contributed by atoms with E-state index in [2.05, 4.69) is 0 Å². The van der Waals surface area contributed by atoms with Crippen LogP contribution in [0.5, 0.6) is 23.0 Å². The van der Waals surface area contributed by atoms with Gasteiger partial charge in [0.25, 0.3) is 11.8 Å². The highest BCUT2D eigenvalue weighted by Crippen LogP contribution is 2.42. The number of benzene rings is 5. The quantitative estimate of drug-likeness (QED) is 0.0412. The zero-order chi connectivity index (χ0) is 50.6. The smallest absolute Gasteiger partial charge is 0.309 e. The van der Waals surface area contributed by atoms with Gasteiger partial charge in [-0.15, -0.1) is 0 Å². The van der Waals surface area contributed by atoms with Crippen LogP contribution in [0.15, 0.2) is 101 Å². The number of nitrogens with zero attached hydrogens (tertiary/aromatic N) is 4. The fourth-order valence-corrected chi connectivity index (χ4v) is 9.91. The predicted molar refractivity (Wildman–Crippen MR) is 271 cm³/mol. The number of anilines is 2. The second-order valence-electron chi connectivity index (χ2n) is 18.7. The summed E-state index contributed by atoms with van der Waals surface area (Å²) in [5.74, 6) is 0.233. The van der Waals surface area contributed by atoms with Crippen LogP contribution < -0.4 is 28.7 Å². The second-order valence-corrected chi connectivity index (χ2v) is 18.7. The molecule has 5 aliphatic rings. The maximum absolute atomic E-state index is 14.0. The normalized spacial score (nSPS) is 17.3. The highest BCUT2D eigenvalue weighted by atomic mass is 16.6. The van der Waals surface area contributed by atoms with E-state index in [4.69, 9.17) is 38.4 Å². The molecule has 2 amide bonds. The van der Waals surface area contributed by atoms with E-state index < -0.39 is 12.1 Å². The third kappa shape index (κ3) is 10.5. The van der Waals surface area contributed by atoms with Crippen molar-refractivity contribution in [2.45, 2.75) is 96.1 Å². The van der Waals surface area contributed by atoms with Crippen molar-refractivity contribution in [3.63, 3.8) is 0 Å². The molecule has 1 aliphatic carbocycles. The summed E-state index contributed by atoms with van der Waals surface area (Å²) >= 11 is 0. The molecule has 4 aliphatic heterocycles. The van der Waals surface area contributed by atoms with E-state index in [1.165, 1.54) is 7.11 Å². The van der Waals surface area contributed by atoms with Crippen LogP contribution in [-0.4, -0.2) is 92.7 Å². The number of para-hydroxylation sites is 2. The number of rotatable bonds is 20. The number of aryl methyl sites for hydroxylation is 1. The number of carbonyl (C=O) groups excluding carboxylic acids is 6. The Morgan fingerprint density at radius 1 is 0.616 bits per heavy atom. The summed E-state index contributed by atoms with van der Waals surface area (Å²) in [5, 5.41) is 0. The van der Waals surface area contributed by atoms with Gasteiger partial charge in [0.2, 0.25) is 6.10 Å². The van der Waals surface area contributed by atoms with E-state index >= 15 is 0 Å². The molecule has 4 heterocycles. The Balaban J connectivity index is 0.791. The zero-order valence-corrected chi connectivity index (χ0v) is 40.6. The Morgan fingerprint density at radius 2 is 1.18 bits per heavy atom. The van der Waals surface area contributed by atoms with Gasteiger partial charge in [0, 0.05) is 81.1 Å². The minimum Gasteiger partial charge on any atom is -0.494 e. The van der Waals surface area contributed by atoms with Crippen molar-refractivity contribution in [1.82, 2.24) is 0 Å². The van der Waals surface area contributed by atoms with Crippen molar-refractivity contribution in [1.29, 1.82) is 0 Å². The average Bonchev–Trinajstić information content (AvgIpc) is 4.01. The molecule has 0 aromatic heterocycles. The van der Waals surface area contributed by atoms with Crippen LogP contribution >= 0.6 is 0 Å². The number of amides is 2. The molecule has 2 atom stereocenters. The lowest BCUT2D eigenvalue weighted by molar-refractivity contribution is -0.158. The number of ether oxygens (including phenoxy) is 6. The minimum atomic E-state index is -1.29. The van der Waals surface area contributed by atoms with Crippen LogP contribution in [0.3, 0.4) is 0 Å². The molecular weight excluding hydrogens is 933 g/mol. The summed E-state index contributed by atoms with van der Waals surface area (Å²) in [6.07, 6.45) is 5.31. The SMILES string of the molecule is COc1cc2c(cc1OCc1cc(COc3cc4c(cc3C)C(=O)N3c5ccccc5C[C@H]3C=N4)cc(OCCCC(=O)CCCOCCC(=O)OC3C(=O)CCC3=O)c1)N=C[C@@H]1Cc3ccccc3N1C2=O. The zero-order valence-electron chi connectivity index (χ0n) is 40.6. The van der Waals surface area contributed by atoms with Crippen molar-refractivity contribution in [3.8, 4) is 23.0 Å². The average molecular weight is 987 g/mol. The van der Waals surface area contributed by atoms with E-state index in [1.807, 2.05) is 103 Å². The molecule has 16 heteroatoms. The Bertz CT molecular complexity index is 3080. The lowest BCUT2D eigenvalue weighted by Gasteiger charge is -2.22. The van der Waals surface area contributed by atoms with E-state index in [9.17, 15) is 28.8 Å². The van der Waals surface area contributed by atoms with Crippen LogP contribution in [0.1, 0.15) is 93.5 Å². The maximum Gasteiger partial charge on any atom is 0.309 e. The van der Waals surface area contributed by atoms with Gasteiger partial charge in [-0.1, -0.05) is 36.4 Å². The number of aliphatic imine (C=N–C) groups is 2. The summed E-state index contributed by atoms with van der Waals surface area (Å²) in [6, 6.07) is 28.2. The lowest BCUT2D eigenvalue weighted by Crippen LogP contribution is -2.37. The number of methoxy groups -OCH3 is 1.